The molecule has 0 heterocycles. The van der Waals surface area contributed by atoms with Gasteiger partial charge in [-0.25, -0.2) is 0 Å². The highest BCUT2D eigenvalue weighted by Gasteiger charge is 2.16. The van der Waals surface area contributed by atoms with E-state index in [-0.39, 0.29) is 16.6 Å². The van der Waals surface area contributed by atoms with Crippen molar-refractivity contribution in [1.29, 1.82) is 0 Å². The van der Waals surface area contributed by atoms with Crippen LogP contribution in [0.4, 0.5) is 0 Å². The Hall–Kier alpha value is -3.11. The van der Waals surface area contributed by atoms with E-state index in [1.54, 1.807) is 36.4 Å². The Morgan fingerprint density at radius 1 is 0.893 bits per heavy atom. The molecule has 0 aliphatic rings. The van der Waals surface area contributed by atoms with Crippen LogP contribution >= 0.6 is 0 Å². The van der Waals surface area contributed by atoms with Gasteiger partial charge >= 0.3 is 10.1 Å². The van der Waals surface area contributed by atoms with E-state index in [0.29, 0.717) is 0 Å². The van der Waals surface area contributed by atoms with Crippen molar-refractivity contribution >= 4 is 16.2 Å². The number of aryl methyl sites for hydroxylation is 1. The molecule has 1 atom stereocenters. The molecular formula is C24H22O3S. The molecule has 0 N–H and O–H groups in total. The summed E-state index contributed by atoms with van der Waals surface area (Å²) in [5.41, 5.74) is 3.10. The van der Waals surface area contributed by atoms with Crippen LogP contribution in [-0.2, 0) is 10.1 Å². The largest absolute Gasteiger partial charge is 0.379 e. The highest BCUT2D eigenvalue weighted by atomic mass is 32.2. The summed E-state index contributed by atoms with van der Waals surface area (Å²) in [5, 5.41) is 0. The summed E-state index contributed by atoms with van der Waals surface area (Å²) in [5.74, 6) is 0.294. The van der Waals surface area contributed by atoms with Crippen LogP contribution in [0.15, 0.2) is 102 Å². The van der Waals surface area contributed by atoms with Crippen molar-refractivity contribution in [1.82, 2.24) is 0 Å². The zero-order valence-electron chi connectivity index (χ0n) is 15.7. The van der Waals surface area contributed by atoms with Crippen molar-refractivity contribution in [2.45, 2.75) is 17.7 Å². The van der Waals surface area contributed by atoms with Crippen LogP contribution in [0.1, 0.15) is 22.6 Å². The van der Waals surface area contributed by atoms with E-state index in [1.165, 1.54) is 0 Å². The second-order valence-electron chi connectivity index (χ2n) is 6.45. The molecule has 0 radical (unpaired) electrons. The molecule has 0 amide bonds. The van der Waals surface area contributed by atoms with Gasteiger partial charge in [-0.15, -0.1) is 6.58 Å². The van der Waals surface area contributed by atoms with Crippen molar-refractivity contribution in [2.75, 3.05) is 0 Å². The lowest BCUT2D eigenvalue weighted by Gasteiger charge is -2.11. The maximum atomic E-state index is 12.4. The predicted molar refractivity (Wildman–Crippen MR) is 114 cm³/mol. The minimum absolute atomic E-state index is 0.0166. The summed E-state index contributed by atoms with van der Waals surface area (Å²) >= 11 is 0. The SMILES string of the molecule is C=C[C@@H](/C=C/c1ccccc1)c1ccc(OS(=O)(=O)c2ccc(C)cc2)cc1. The first-order valence-electron chi connectivity index (χ1n) is 8.95. The summed E-state index contributed by atoms with van der Waals surface area (Å²) in [4.78, 5) is 0.136. The molecule has 0 saturated carbocycles. The van der Waals surface area contributed by atoms with E-state index in [9.17, 15) is 8.42 Å². The van der Waals surface area contributed by atoms with Gasteiger partial charge in [0.05, 0.1) is 0 Å². The molecular weight excluding hydrogens is 368 g/mol. The highest BCUT2D eigenvalue weighted by Crippen LogP contribution is 2.25. The van der Waals surface area contributed by atoms with Gasteiger partial charge in [-0.2, -0.15) is 8.42 Å². The third-order valence-electron chi connectivity index (χ3n) is 4.33. The average molecular weight is 391 g/mol. The molecule has 0 saturated heterocycles. The second kappa shape index (κ2) is 8.72. The molecule has 142 valence electrons. The van der Waals surface area contributed by atoms with Gasteiger partial charge in [0.25, 0.3) is 0 Å². The van der Waals surface area contributed by atoms with E-state index in [0.717, 1.165) is 16.7 Å². The summed E-state index contributed by atoms with van der Waals surface area (Å²) in [6.45, 7) is 5.80. The van der Waals surface area contributed by atoms with E-state index in [2.05, 4.69) is 12.7 Å². The van der Waals surface area contributed by atoms with Gasteiger partial charge < -0.3 is 4.18 Å². The Morgan fingerprint density at radius 3 is 2.14 bits per heavy atom. The lowest BCUT2D eigenvalue weighted by atomic mass is 9.98. The van der Waals surface area contributed by atoms with Crippen LogP contribution in [-0.4, -0.2) is 8.42 Å². The minimum atomic E-state index is -3.85. The smallest absolute Gasteiger partial charge is 0.339 e. The van der Waals surface area contributed by atoms with Crippen LogP contribution in [0.5, 0.6) is 5.75 Å². The summed E-state index contributed by atoms with van der Waals surface area (Å²) in [6, 6.07) is 23.6. The van der Waals surface area contributed by atoms with E-state index in [4.69, 9.17) is 4.18 Å². The van der Waals surface area contributed by atoms with Crippen molar-refractivity contribution in [2.24, 2.45) is 0 Å². The summed E-state index contributed by atoms with van der Waals surface area (Å²) < 4.78 is 30.0. The maximum absolute atomic E-state index is 12.4. The van der Waals surface area contributed by atoms with Gasteiger partial charge in [0.2, 0.25) is 0 Å². The first kappa shape index (κ1) is 19.6. The Morgan fingerprint density at radius 2 is 1.54 bits per heavy atom. The predicted octanol–water partition coefficient (Wildman–Crippen LogP) is 5.75. The zero-order valence-corrected chi connectivity index (χ0v) is 16.5. The molecule has 3 rings (SSSR count). The van der Waals surface area contributed by atoms with Crippen molar-refractivity contribution in [3.05, 3.63) is 114 Å². The fourth-order valence-corrected chi connectivity index (χ4v) is 3.66. The zero-order chi connectivity index (χ0) is 20.0. The standard InChI is InChI=1S/C24H22O3S/c1-3-21(12-11-20-7-5-4-6-8-20)22-13-15-23(16-14-22)27-28(25,26)24-17-9-19(2)10-18-24/h3-18,21H,1H2,2H3/b12-11+/t21-/m0/s1. The Bertz CT molecular complexity index is 1050. The Labute approximate surface area is 166 Å². The molecule has 0 spiro atoms. The maximum Gasteiger partial charge on any atom is 0.339 e. The molecule has 0 aliphatic heterocycles. The van der Waals surface area contributed by atoms with Gasteiger partial charge in [0.15, 0.2) is 0 Å². The van der Waals surface area contributed by atoms with Crippen LogP contribution in [0.2, 0.25) is 0 Å². The number of rotatable bonds is 7. The van der Waals surface area contributed by atoms with Gasteiger partial charge in [0.1, 0.15) is 10.6 Å². The molecule has 3 aromatic carbocycles. The first-order valence-corrected chi connectivity index (χ1v) is 10.4. The lowest BCUT2D eigenvalue weighted by Crippen LogP contribution is -2.09. The lowest BCUT2D eigenvalue weighted by molar-refractivity contribution is 0.486. The third kappa shape index (κ3) is 4.99. The molecule has 3 aromatic rings. The summed E-state index contributed by atoms with van der Waals surface area (Å²) in [6.07, 6.45) is 5.94. The molecule has 0 fully saturated rings. The molecule has 4 heteroatoms. The van der Waals surface area contributed by atoms with Crippen molar-refractivity contribution < 1.29 is 12.6 Å². The number of allylic oxidation sites excluding steroid dienone is 2. The van der Waals surface area contributed by atoms with Crippen LogP contribution in [0.25, 0.3) is 6.08 Å². The molecule has 0 bridgehead atoms. The van der Waals surface area contributed by atoms with Gasteiger partial charge in [-0.3, -0.25) is 0 Å². The van der Waals surface area contributed by atoms with E-state index >= 15 is 0 Å². The fourth-order valence-electron chi connectivity index (χ4n) is 2.73. The molecule has 0 unspecified atom stereocenters. The van der Waals surface area contributed by atoms with Gasteiger partial charge in [0, 0.05) is 5.92 Å². The van der Waals surface area contributed by atoms with Crippen LogP contribution in [0, 0.1) is 6.92 Å². The first-order chi connectivity index (χ1) is 13.5. The highest BCUT2D eigenvalue weighted by molar-refractivity contribution is 7.87. The van der Waals surface area contributed by atoms with Crippen molar-refractivity contribution in [3.8, 4) is 5.75 Å². The molecule has 0 aromatic heterocycles. The number of hydrogen-bond donors (Lipinski definition) is 0. The Balaban J connectivity index is 1.74. The molecule has 3 nitrogen and oxygen atoms in total. The van der Waals surface area contributed by atoms with E-state index in [1.807, 2.05) is 61.5 Å². The van der Waals surface area contributed by atoms with E-state index < -0.39 is 10.1 Å². The number of hydrogen-bond acceptors (Lipinski definition) is 3. The summed E-state index contributed by atoms with van der Waals surface area (Å²) in [7, 11) is -3.85. The van der Waals surface area contributed by atoms with Gasteiger partial charge in [-0.1, -0.05) is 78.4 Å². The molecule has 0 aliphatic carbocycles. The van der Waals surface area contributed by atoms with Crippen LogP contribution in [0.3, 0.4) is 0 Å². The normalized spacial score (nSPS) is 12.6. The van der Waals surface area contributed by atoms with Gasteiger partial charge in [-0.05, 0) is 42.3 Å². The molecule has 28 heavy (non-hydrogen) atoms. The van der Waals surface area contributed by atoms with Crippen molar-refractivity contribution in [3.63, 3.8) is 0 Å². The Kier molecular flexibility index (Phi) is 6.12. The third-order valence-corrected chi connectivity index (χ3v) is 5.59. The van der Waals surface area contributed by atoms with Crippen LogP contribution < -0.4 is 4.18 Å². The number of benzene rings is 3. The quantitative estimate of drug-likeness (QED) is 0.381. The topological polar surface area (TPSA) is 43.4 Å². The minimum Gasteiger partial charge on any atom is -0.379 e. The fraction of sp³-hybridized carbons (Fsp3) is 0.0833. The monoisotopic (exact) mass is 390 g/mol. The second-order valence-corrected chi connectivity index (χ2v) is 8.00. The average Bonchev–Trinajstić information content (AvgIpc) is 2.70.